The Morgan fingerprint density at radius 2 is 2.00 bits per heavy atom. The van der Waals surface area contributed by atoms with Crippen LogP contribution in [0.3, 0.4) is 0 Å². The van der Waals surface area contributed by atoms with E-state index in [-0.39, 0.29) is 5.91 Å². The van der Waals surface area contributed by atoms with Crippen molar-refractivity contribution in [3.05, 3.63) is 35.4 Å². The van der Waals surface area contributed by atoms with Crippen molar-refractivity contribution in [3.8, 4) is 0 Å². The highest BCUT2D eigenvalue weighted by atomic mass is 16.1. The first kappa shape index (κ1) is 12.1. The minimum atomic E-state index is 0.0428. The molecule has 0 radical (unpaired) electrons. The molecule has 2 rings (SSSR count). The van der Waals surface area contributed by atoms with Gasteiger partial charge in [0.25, 0.3) is 5.91 Å². The van der Waals surface area contributed by atoms with Gasteiger partial charge in [-0.15, -0.1) is 0 Å². The van der Waals surface area contributed by atoms with Crippen molar-refractivity contribution < 1.29 is 4.79 Å². The number of amides is 1. The normalized spacial score (nSPS) is 22.9. The van der Waals surface area contributed by atoms with E-state index in [2.05, 4.69) is 12.2 Å². The number of carbonyl (C=O) groups is 1. The molecule has 0 saturated heterocycles. The second-order valence-corrected chi connectivity index (χ2v) is 4.98. The van der Waals surface area contributed by atoms with E-state index < -0.39 is 0 Å². The first-order chi connectivity index (χ1) is 8.19. The third kappa shape index (κ3) is 3.07. The van der Waals surface area contributed by atoms with E-state index >= 15 is 0 Å². The molecule has 0 aromatic heterocycles. The van der Waals surface area contributed by atoms with Crippen molar-refractivity contribution in [2.24, 2.45) is 11.7 Å². The van der Waals surface area contributed by atoms with Crippen LogP contribution in [0, 0.1) is 5.92 Å². The molecule has 1 amide bonds. The summed E-state index contributed by atoms with van der Waals surface area (Å²) in [6, 6.07) is 8.09. The van der Waals surface area contributed by atoms with Gasteiger partial charge in [-0.25, -0.2) is 0 Å². The molecule has 0 unspecified atom stereocenters. The highest BCUT2D eigenvalue weighted by Gasteiger charge is 2.26. The lowest BCUT2D eigenvalue weighted by Gasteiger charge is -2.33. The Kier molecular flexibility index (Phi) is 3.79. The van der Waals surface area contributed by atoms with Crippen LogP contribution in [0.1, 0.15) is 35.7 Å². The van der Waals surface area contributed by atoms with E-state index in [1.54, 1.807) is 0 Å². The molecular formula is C14H20N2O. The average molecular weight is 232 g/mol. The fourth-order valence-corrected chi connectivity index (χ4v) is 2.28. The van der Waals surface area contributed by atoms with Crippen LogP contribution in [0.15, 0.2) is 24.3 Å². The van der Waals surface area contributed by atoms with Crippen molar-refractivity contribution in [1.29, 1.82) is 0 Å². The Bertz CT molecular complexity index is 380. The molecule has 3 nitrogen and oxygen atoms in total. The molecule has 0 heterocycles. The van der Waals surface area contributed by atoms with Crippen LogP contribution >= 0.6 is 0 Å². The van der Waals surface area contributed by atoms with Crippen LogP contribution in [-0.4, -0.2) is 18.5 Å². The topological polar surface area (TPSA) is 55.1 Å². The van der Waals surface area contributed by atoms with Crippen molar-refractivity contribution >= 4 is 5.91 Å². The Balaban J connectivity index is 1.90. The third-order valence-electron chi connectivity index (χ3n) is 3.36. The standard InChI is InChI=1S/C14H20N2O/c1-10-8-13(9-10)16-14(17)12-4-2-11(3-5-12)6-7-15/h2-5,10,13H,6-9,15H2,1H3,(H,16,17). The Morgan fingerprint density at radius 1 is 1.35 bits per heavy atom. The smallest absolute Gasteiger partial charge is 0.251 e. The fourth-order valence-electron chi connectivity index (χ4n) is 2.28. The van der Waals surface area contributed by atoms with Crippen molar-refractivity contribution in [1.82, 2.24) is 5.32 Å². The summed E-state index contributed by atoms with van der Waals surface area (Å²) in [7, 11) is 0. The maximum Gasteiger partial charge on any atom is 0.251 e. The zero-order chi connectivity index (χ0) is 12.3. The summed E-state index contributed by atoms with van der Waals surface area (Å²) in [6.07, 6.45) is 3.08. The lowest BCUT2D eigenvalue weighted by molar-refractivity contribution is 0.0896. The Hall–Kier alpha value is -1.35. The molecule has 1 aliphatic carbocycles. The number of hydrogen-bond donors (Lipinski definition) is 2. The lowest BCUT2D eigenvalue weighted by atomic mass is 9.82. The summed E-state index contributed by atoms with van der Waals surface area (Å²) in [4.78, 5) is 11.9. The van der Waals surface area contributed by atoms with Gasteiger partial charge in [-0.1, -0.05) is 19.1 Å². The maximum atomic E-state index is 11.9. The van der Waals surface area contributed by atoms with E-state index in [1.165, 1.54) is 5.56 Å². The first-order valence-corrected chi connectivity index (χ1v) is 6.29. The molecule has 0 spiro atoms. The first-order valence-electron chi connectivity index (χ1n) is 6.29. The monoisotopic (exact) mass is 232 g/mol. The van der Waals surface area contributed by atoms with Gasteiger partial charge in [-0.05, 0) is 49.4 Å². The number of benzene rings is 1. The third-order valence-corrected chi connectivity index (χ3v) is 3.36. The maximum absolute atomic E-state index is 11.9. The van der Waals surface area contributed by atoms with E-state index in [0.717, 1.165) is 30.7 Å². The molecule has 1 saturated carbocycles. The number of nitrogens with one attached hydrogen (secondary N) is 1. The molecule has 3 N–H and O–H groups in total. The molecule has 0 bridgehead atoms. The molecule has 1 aliphatic rings. The van der Waals surface area contributed by atoms with Gasteiger partial charge >= 0.3 is 0 Å². The summed E-state index contributed by atoms with van der Waals surface area (Å²) in [5.74, 6) is 0.799. The quantitative estimate of drug-likeness (QED) is 0.830. The van der Waals surface area contributed by atoms with E-state index in [0.29, 0.717) is 12.6 Å². The van der Waals surface area contributed by atoms with Crippen molar-refractivity contribution in [2.75, 3.05) is 6.54 Å². The summed E-state index contributed by atoms with van der Waals surface area (Å²) >= 11 is 0. The summed E-state index contributed by atoms with van der Waals surface area (Å²) in [5, 5.41) is 3.05. The predicted octanol–water partition coefficient (Wildman–Crippen LogP) is 1.72. The van der Waals surface area contributed by atoms with Gasteiger partial charge < -0.3 is 11.1 Å². The second-order valence-electron chi connectivity index (χ2n) is 4.98. The highest BCUT2D eigenvalue weighted by molar-refractivity contribution is 5.94. The molecule has 1 aromatic rings. The van der Waals surface area contributed by atoms with E-state index in [1.807, 2.05) is 24.3 Å². The van der Waals surface area contributed by atoms with Gasteiger partial charge in [0.1, 0.15) is 0 Å². The van der Waals surface area contributed by atoms with Crippen LogP contribution in [-0.2, 0) is 6.42 Å². The van der Waals surface area contributed by atoms with E-state index in [9.17, 15) is 4.79 Å². The minimum absolute atomic E-state index is 0.0428. The molecular weight excluding hydrogens is 212 g/mol. The second kappa shape index (κ2) is 5.32. The molecule has 92 valence electrons. The number of rotatable bonds is 4. The Labute approximate surface area is 102 Å². The van der Waals surface area contributed by atoms with Gasteiger partial charge in [0.15, 0.2) is 0 Å². The number of hydrogen-bond acceptors (Lipinski definition) is 2. The summed E-state index contributed by atoms with van der Waals surface area (Å²) in [6.45, 7) is 2.86. The van der Waals surface area contributed by atoms with Gasteiger partial charge in [-0.2, -0.15) is 0 Å². The van der Waals surface area contributed by atoms with Crippen molar-refractivity contribution in [3.63, 3.8) is 0 Å². The molecule has 0 aliphatic heterocycles. The fraction of sp³-hybridized carbons (Fsp3) is 0.500. The average Bonchev–Trinajstić information content (AvgIpc) is 2.28. The van der Waals surface area contributed by atoms with Gasteiger partial charge in [0, 0.05) is 11.6 Å². The summed E-state index contributed by atoms with van der Waals surface area (Å²) in [5.41, 5.74) is 7.41. The largest absolute Gasteiger partial charge is 0.349 e. The van der Waals surface area contributed by atoms with Gasteiger partial charge in [-0.3, -0.25) is 4.79 Å². The molecule has 17 heavy (non-hydrogen) atoms. The van der Waals surface area contributed by atoms with Gasteiger partial charge in [0.2, 0.25) is 0 Å². The molecule has 0 atom stereocenters. The van der Waals surface area contributed by atoms with E-state index in [4.69, 9.17) is 5.73 Å². The van der Waals surface area contributed by atoms with Crippen LogP contribution in [0.4, 0.5) is 0 Å². The predicted molar refractivity (Wildman–Crippen MR) is 68.9 cm³/mol. The van der Waals surface area contributed by atoms with Crippen molar-refractivity contribution in [2.45, 2.75) is 32.2 Å². The van der Waals surface area contributed by atoms with Gasteiger partial charge in [0.05, 0.1) is 0 Å². The summed E-state index contributed by atoms with van der Waals surface area (Å²) < 4.78 is 0. The lowest BCUT2D eigenvalue weighted by Crippen LogP contribution is -2.43. The minimum Gasteiger partial charge on any atom is -0.349 e. The zero-order valence-corrected chi connectivity index (χ0v) is 10.3. The van der Waals surface area contributed by atoms with Crippen LogP contribution < -0.4 is 11.1 Å². The number of carbonyl (C=O) groups excluding carboxylic acids is 1. The van der Waals surface area contributed by atoms with Crippen LogP contribution in [0.2, 0.25) is 0 Å². The molecule has 1 aromatic carbocycles. The molecule has 1 fully saturated rings. The molecule has 3 heteroatoms. The van der Waals surface area contributed by atoms with Crippen LogP contribution in [0.25, 0.3) is 0 Å². The SMILES string of the molecule is CC1CC(NC(=O)c2ccc(CCN)cc2)C1. The van der Waals surface area contributed by atoms with Crippen LogP contribution in [0.5, 0.6) is 0 Å². The zero-order valence-electron chi connectivity index (χ0n) is 10.3. The Morgan fingerprint density at radius 3 is 2.53 bits per heavy atom. The number of nitrogens with two attached hydrogens (primary N) is 1. The highest BCUT2D eigenvalue weighted by Crippen LogP contribution is 2.26.